The van der Waals surface area contributed by atoms with Crippen LogP contribution in [0.3, 0.4) is 0 Å². The second-order valence-corrected chi connectivity index (χ2v) is 19.4. The van der Waals surface area contributed by atoms with E-state index in [-0.39, 0.29) is 50.5 Å². The van der Waals surface area contributed by atoms with Gasteiger partial charge in [0, 0.05) is 64.9 Å². The molecule has 3 aromatic rings. The quantitative estimate of drug-likeness (QED) is 0.0605. The van der Waals surface area contributed by atoms with Gasteiger partial charge in [-0.1, -0.05) is 13.8 Å². The summed E-state index contributed by atoms with van der Waals surface area (Å²) in [6.45, 7) is 13.4. The SMILES string of the molecule is CCc1c(C)c2cc3nc(cc4nc(c(C)c5[nH]c(cc1[nH]2)c(C)c5C(=O)OC)[C@@H](CCC(=O)NCCCO[C@@H]1O[C@H](CO)[C@@H](O)[C@H](O)[C@H]1O)[C@@H]4C)C(C)=C3C(C)OCCCO[C@@H]1O[C@H](CO)[C@@H](O)[C@H](O)[C@H]1O. The molecule has 0 aliphatic carbocycles. The molecule has 4 aliphatic heterocycles. The first-order valence-corrected chi connectivity index (χ1v) is 25.1. The number of aromatic amines is 2. The number of aryl methyl sites for hydroxylation is 4. The maximum Gasteiger partial charge on any atom is 0.340 e. The molecule has 3 aromatic heterocycles. The van der Waals surface area contributed by atoms with Crippen LogP contribution in [-0.4, -0.2) is 187 Å². The maximum absolute atomic E-state index is 13.6. The highest BCUT2D eigenvalue weighted by molar-refractivity contribution is 6.03. The number of hydrogen-bond donors (Lipinski definition) is 11. The zero-order valence-electron chi connectivity index (χ0n) is 42.8. The van der Waals surface area contributed by atoms with Crippen molar-refractivity contribution in [1.29, 1.82) is 0 Å². The number of ether oxygens (including phenoxy) is 6. The molecule has 8 bridgehead atoms. The van der Waals surface area contributed by atoms with Crippen molar-refractivity contribution < 1.29 is 78.9 Å². The number of aliphatic hydroxyl groups excluding tert-OH is 8. The zero-order chi connectivity index (χ0) is 53.0. The van der Waals surface area contributed by atoms with Crippen molar-refractivity contribution in [2.75, 3.05) is 46.7 Å². The fourth-order valence-corrected chi connectivity index (χ4v) is 10.3. The van der Waals surface area contributed by atoms with E-state index in [9.17, 15) is 50.4 Å². The maximum atomic E-state index is 13.6. The number of H-pyrrole nitrogens is 2. The van der Waals surface area contributed by atoms with Gasteiger partial charge in [-0.15, -0.1) is 0 Å². The van der Waals surface area contributed by atoms with Crippen LogP contribution in [0.5, 0.6) is 0 Å². The molecule has 0 spiro atoms. The smallest absolute Gasteiger partial charge is 0.340 e. The van der Waals surface area contributed by atoms with Crippen molar-refractivity contribution in [2.45, 2.75) is 160 Å². The minimum Gasteiger partial charge on any atom is -0.465 e. The molecular weight excluding hydrogens is 951 g/mol. The molecule has 73 heavy (non-hydrogen) atoms. The van der Waals surface area contributed by atoms with E-state index in [4.69, 9.17) is 38.4 Å². The van der Waals surface area contributed by atoms with E-state index < -0.39 is 86.7 Å². The van der Waals surface area contributed by atoms with Gasteiger partial charge in [0.05, 0.1) is 62.1 Å². The van der Waals surface area contributed by atoms with Gasteiger partial charge in [0.15, 0.2) is 12.6 Å². The fourth-order valence-electron chi connectivity index (χ4n) is 10.3. The summed E-state index contributed by atoms with van der Waals surface area (Å²) >= 11 is 0. The van der Waals surface area contributed by atoms with Crippen LogP contribution in [0.25, 0.3) is 33.2 Å². The van der Waals surface area contributed by atoms with Gasteiger partial charge in [0.25, 0.3) is 0 Å². The second kappa shape index (κ2) is 24.3. The Bertz CT molecular complexity index is 2650. The van der Waals surface area contributed by atoms with Crippen molar-refractivity contribution in [2.24, 2.45) is 0 Å². The van der Waals surface area contributed by atoms with Crippen molar-refractivity contribution in [3.05, 3.63) is 68.8 Å². The van der Waals surface area contributed by atoms with Gasteiger partial charge in [0.2, 0.25) is 5.91 Å². The number of rotatable bonds is 19. The summed E-state index contributed by atoms with van der Waals surface area (Å²) in [5, 5.41) is 83.2. The molecule has 1 unspecified atom stereocenters. The van der Waals surface area contributed by atoms with Gasteiger partial charge in [-0.3, -0.25) is 9.78 Å². The van der Waals surface area contributed by atoms with Crippen LogP contribution in [0.1, 0.15) is 121 Å². The summed E-state index contributed by atoms with van der Waals surface area (Å²) < 4.78 is 34.0. The minimum atomic E-state index is -1.56. The first-order valence-electron chi connectivity index (χ1n) is 25.1. The topological polar surface area (TPSA) is 321 Å². The number of fused-ring (bicyclic) bond motifs is 8. The van der Waals surface area contributed by atoms with E-state index >= 15 is 0 Å². The highest BCUT2D eigenvalue weighted by Gasteiger charge is 2.45. The molecule has 0 aromatic carbocycles. The van der Waals surface area contributed by atoms with Crippen molar-refractivity contribution in [3.63, 3.8) is 0 Å². The number of nitrogens with zero attached hydrogens (tertiary/aromatic N) is 2. The Morgan fingerprint density at radius 3 is 1.97 bits per heavy atom. The van der Waals surface area contributed by atoms with Crippen molar-refractivity contribution in [1.82, 2.24) is 25.3 Å². The average Bonchev–Trinajstić information content (AvgIpc) is 4.07. The van der Waals surface area contributed by atoms with E-state index in [2.05, 4.69) is 36.1 Å². The first kappa shape index (κ1) is 56.0. The molecule has 1 amide bonds. The van der Waals surface area contributed by atoms with Crippen LogP contribution < -0.4 is 5.32 Å². The number of esters is 1. The third-order valence-electron chi connectivity index (χ3n) is 14.7. The zero-order valence-corrected chi connectivity index (χ0v) is 42.8. The molecular formula is C52H73N5O16. The third kappa shape index (κ3) is 11.7. The Hall–Kier alpha value is -4.72. The van der Waals surface area contributed by atoms with Gasteiger partial charge >= 0.3 is 5.97 Å². The van der Waals surface area contributed by atoms with Gasteiger partial charge in [-0.2, -0.15) is 0 Å². The molecule has 21 heteroatoms. The molecule has 21 nitrogen and oxygen atoms in total. The Morgan fingerprint density at radius 1 is 0.753 bits per heavy atom. The molecule has 402 valence electrons. The standard InChI is InChI=1S/C52H73N5O16/c1-9-29-23(2)31-20-36-40(28(7)69-16-11-17-71-52-49(66)47(64)45(62)38(22-59)73-52)25(4)33(55-36)18-32-24(3)30(12-13-39(60)53-14-10-15-70-51-48(65)46(63)44(61)37(21-58)72-51)42(56-32)27(6)43-41(50(67)68-8)26(5)34(57-43)19-35(29)54-31/h18-20,24,28,30,37-38,44-49,51-52,54,57-59,61-66H,9-17,21-22H2,1-8H3,(H,53,60)/t24-,28?,30-,37+,38+,44+,45+,46-,47-,48+,49+,51+,52+/m0/s1. The summed E-state index contributed by atoms with van der Waals surface area (Å²) in [5.74, 6) is -1.18. The summed E-state index contributed by atoms with van der Waals surface area (Å²) in [4.78, 5) is 44.7. The van der Waals surface area contributed by atoms with E-state index in [0.29, 0.717) is 64.9 Å². The molecule has 13 atom stereocenters. The Kier molecular flexibility index (Phi) is 18.6. The summed E-state index contributed by atoms with van der Waals surface area (Å²) in [7, 11) is 1.35. The number of aromatic nitrogens is 4. The number of carbonyl (C=O) groups excluding carboxylic acids is 2. The molecule has 7 rings (SSSR count). The largest absolute Gasteiger partial charge is 0.465 e. The van der Waals surface area contributed by atoms with E-state index in [1.807, 2.05) is 45.9 Å². The molecule has 2 fully saturated rings. The number of nitrogens with one attached hydrogen (secondary N) is 3. The number of methoxy groups -OCH3 is 1. The lowest BCUT2D eigenvalue weighted by Gasteiger charge is -2.39. The van der Waals surface area contributed by atoms with E-state index in [1.165, 1.54) is 7.11 Å². The van der Waals surface area contributed by atoms with Gasteiger partial charge in [-0.05, 0) is 106 Å². The number of amides is 1. The van der Waals surface area contributed by atoms with Crippen LogP contribution in [0, 0.1) is 20.8 Å². The molecule has 0 saturated carbocycles. The highest BCUT2D eigenvalue weighted by atomic mass is 16.7. The van der Waals surface area contributed by atoms with Crippen LogP contribution in [0.4, 0.5) is 0 Å². The number of hydrogen-bond acceptors (Lipinski definition) is 18. The Morgan fingerprint density at radius 2 is 1.37 bits per heavy atom. The van der Waals surface area contributed by atoms with Crippen molar-refractivity contribution in [3.8, 4) is 0 Å². The normalized spacial score (nSPS) is 27.8. The van der Waals surface area contributed by atoms with E-state index in [1.54, 1.807) is 0 Å². The average molecular weight is 1020 g/mol. The molecule has 11 N–H and O–H groups in total. The molecule has 7 heterocycles. The second-order valence-electron chi connectivity index (χ2n) is 19.4. The lowest BCUT2D eigenvalue weighted by molar-refractivity contribution is -0.301. The van der Waals surface area contributed by atoms with Crippen molar-refractivity contribution >= 4 is 45.1 Å². The Balaban J connectivity index is 1.17. The van der Waals surface area contributed by atoms with Gasteiger partial charge in [-0.25, -0.2) is 9.78 Å². The number of carbonyl (C=O) groups is 2. The number of aliphatic hydroxyl groups is 8. The monoisotopic (exact) mass is 1020 g/mol. The lowest BCUT2D eigenvalue weighted by Crippen LogP contribution is -2.59. The Labute approximate surface area is 423 Å². The first-order chi connectivity index (χ1) is 34.8. The van der Waals surface area contributed by atoms with Gasteiger partial charge < -0.3 is 84.6 Å². The van der Waals surface area contributed by atoms with Crippen LogP contribution in [0.15, 0.2) is 18.2 Å². The minimum absolute atomic E-state index is 0.0499. The predicted molar refractivity (Wildman–Crippen MR) is 266 cm³/mol. The molecule has 2 saturated heterocycles. The van der Waals surface area contributed by atoms with Gasteiger partial charge in [0.1, 0.15) is 48.8 Å². The summed E-state index contributed by atoms with van der Waals surface area (Å²) in [6, 6.07) is 5.99. The van der Waals surface area contributed by atoms with Crippen LogP contribution in [-0.2, 0) is 39.6 Å². The van der Waals surface area contributed by atoms with Crippen LogP contribution in [0.2, 0.25) is 0 Å². The number of allylic oxidation sites excluding steroid dienone is 1. The highest BCUT2D eigenvalue weighted by Crippen LogP contribution is 2.43. The fraction of sp³-hybridized carbons (Fsp3) is 0.615. The van der Waals surface area contributed by atoms with E-state index in [0.717, 1.165) is 44.6 Å². The summed E-state index contributed by atoms with van der Waals surface area (Å²) in [6.07, 6.45) is -12.3. The molecule has 4 aliphatic rings. The van der Waals surface area contributed by atoms with Crippen LogP contribution >= 0.6 is 0 Å². The predicted octanol–water partition coefficient (Wildman–Crippen LogP) is 2.12. The molecule has 0 radical (unpaired) electrons. The summed E-state index contributed by atoms with van der Waals surface area (Å²) in [5.41, 5.74) is 11.4. The third-order valence-corrected chi connectivity index (χ3v) is 14.7. The lowest BCUT2D eigenvalue weighted by atomic mass is 9.85.